The van der Waals surface area contributed by atoms with Crippen LogP contribution >= 0.6 is 0 Å². The SMILES string of the molecule is CC1=CO[C@@H](CN(Cc2ccccc2)Cc2ccccc2)CC1. The Labute approximate surface area is 139 Å². The molecule has 1 aliphatic rings. The molecule has 0 saturated carbocycles. The fourth-order valence-corrected chi connectivity index (χ4v) is 3.02. The zero-order chi connectivity index (χ0) is 15.9. The standard InChI is InChI=1S/C21H25NO/c1-18-12-13-21(23-17-18)16-22(14-19-8-4-2-5-9-19)15-20-10-6-3-7-11-20/h2-11,17,21H,12-16H2,1H3/t21-/m1/s1. The predicted molar refractivity (Wildman–Crippen MR) is 94.9 cm³/mol. The number of nitrogens with zero attached hydrogens (tertiary/aromatic N) is 1. The van der Waals surface area contributed by atoms with E-state index in [1.54, 1.807) is 0 Å². The minimum absolute atomic E-state index is 0.297. The first-order valence-corrected chi connectivity index (χ1v) is 8.41. The molecule has 0 bridgehead atoms. The van der Waals surface area contributed by atoms with Gasteiger partial charge in [0.25, 0.3) is 0 Å². The molecular weight excluding hydrogens is 282 g/mol. The van der Waals surface area contributed by atoms with Crippen LogP contribution in [0.1, 0.15) is 30.9 Å². The second-order valence-electron chi connectivity index (χ2n) is 6.40. The van der Waals surface area contributed by atoms with E-state index in [0.29, 0.717) is 6.10 Å². The maximum Gasteiger partial charge on any atom is 0.111 e. The summed E-state index contributed by atoms with van der Waals surface area (Å²) in [6.07, 6.45) is 4.50. The molecule has 1 heterocycles. The quantitative estimate of drug-likeness (QED) is 0.762. The van der Waals surface area contributed by atoms with Gasteiger partial charge >= 0.3 is 0 Å². The van der Waals surface area contributed by atoms with Crippen LogP contribution in [0.5, 0.6) is 0 Å². The number of rotatable bonds is 6. The van der Waals surface area contributed by atoms with E-state index in [9.17, 15) is 0 Å². The van der Waals surface area contributed by atoms with Gasteiger partial charge in [0, 0.05) is 19.6 Å². The average Bonchev–Trinajstić information content (AvgIpc) is 2.59. The molecule has 2 aromatic carbocycles. The molecule has 0 fully saturated rings. The summed E-state index contributed by atoms with van der Waals surface area (Å²) in [4.78, 5) is 2.49. The summed E-state index contributed by atoms with van der Waals surface area (Å²) in [6.45, 7) is 5.02. The van der Waals surface area contributed by atoms with Crippen LogP contribution in [0.25, 0.3) is 0 Å². The molecule has 2 heteroatoms. The Morgan fingerprint density at radius 2 is 1.48 bits per heavy atom. The highest BCUT2D eigenvalue weighted by Crippen LogP contribution is 2.19. The van der Waals surface area contributed by atoms with E-state index in [2.05, 4.69) is 72.5 Å². The molecule has 0 radical (unpaired) electrons. The second-order valence-corrected chi connectivity index (χ2v) is 6.40. The molecule has 0 unspecified atom stereocenters. The Kier molecular flexibility index (Phi) is 5.49. The van der Waals surface area contributed by atoms with E-state index in [0.717, 1.165) is 32.5 Å². The fourth-order valence-electron chi connectivity index (χ4n) is 3.02. The molecule has 0 spiro atoms. The molecule has 1 atom stereocenters. The number of benzene rings is 2. The maximum absolute atomic E-state index is 5.89. The molecule has 0 amide bonds. The predicted octanol–water partition coefficient (Wildman–Crippen LogP) is 4.77. The highest BCUT2D eigenvalue weighted by Gasteiger charge is 2.18. The van der Waals surface area contributed by atoms with Gasteiger partial charge < -0.3 is 4.74 Å². The van der Waals surface area contributed by atoms with E-state index in [4.69, 9.17) is 4.74 Å². The molecule has 120 valence electrons. The Morgan fingerprint density at radius 3 is 1.96 bits per heavy atom. The average molecular weight is 307 g/mol. The summed E-state index contributed by atoms with van der Waals surface area (Å²) in [5, 5.41) is 0. The minimum atomic E-state index is 0.297. The van der Waals surface area contributed by atoms with Crippen molar-refractivity contribution in [2.24, 2.45) is 0 Å². The van der Waals surface area contributed by atoms with Crippen molar-refractivity contribution in [2.45, 2.75) is 39.0 Å². The second kappa shape index (κ2) is 7.98. The van der Waals surface area contributed by atoms with Crippen LogP contribution in [-0.2, 0) is 17.8 Å². The first-order valence-electron chi connectivity index (χ1n) is 8.41. The van der Waals surface area contributed by atoms with E-state index in [-0.39, 0.29) is 0 Å². The van der Waals surface area contributed by atoms with Gasteiger partial charge in [0.05, 0.1) is 6.26 Å². The van der Waals surface area contributed by atoms with Gasteiger partial charge in [-0.05, 0) is 36.5 Å². The van der Waals surface area contributed by atoms with Crippen molar-refractivity contribution in [3.63, 3.8) is 0 Å². The van der Waals surface area contributed by atoms with Crippen LogP contribution in [-0.4, -0.2) is 17.5 Å². The summed E-state index contributed by atoms with van der Waals surface area (Å²) in [5.74, 6) is 0. The zero-order valence-electron chi connectivity index (χ0n) is 13.8. The lowest BCUT2D eigenvalue weighted by Gasteiger charge is -2.29. The third-order valence-electron chi connectivity index (χ3n) is 4.28. The van der Waals surface area contributed by atoms with Gasteiger partial charge in [0.1, 0.15) is 6.10 Å². The molecule has 23 heavy (non-hydrogen) atoms. The van der Waals surface area contributed by atoms with E-state index < -0.39 is 0 Å². The first-order chi connectivity index (χ1) is 11.3. The summed E-state index contributed by atoms with van der Waals surface area (Å²) in [7, 11) is 0. The van der Waals surface area contributed by atoms with Crippen LogP contribution in [0, 0.1) is 0 Å². The lowest BCUT2D eigenvalue weighted by atomic mass is 10.1. The van der Waals surface area contributed by atoms with Crippen molar-refractivity contribution in [1.82, 2.24) is 4.90 Å². The van der Waals surface area contributed by atoms with Crippen molar-refractivity contribution in [3.8, 4) is 0 Å². The smallest absolute Gasteiger partial charge is 0.111 e. The Balaban J connectivity index is 1.68. The summed E-state index contributed by atoms with van der Waals surface area (Å²) in [6, 6.07) is 21.4. The van der Waals surface area contributed by atoms with Gasteiger partial charge in [-0.25, -0.2) is 0 Å². The topological polar surface area (TPSA) is 12.5 Å². The minimum Gasteiger partial charge on any atom is -0.497 e. The largest absolute Gasteiger partial charge is 0.497 e. The highest BCUT2D eigenvalue weighted by atomic mass is 16.5. The highest BCUT2D eigenvalue weighted by molar-refractivity contribution is 5.17. The van der Waals surface area contributed by atoms with Crippen molar-refractivity contribution < 1.29 is 4.74 Å². The third-order valence-corrected chi connectivity index (χ3v) is 4.28. The van der Waals surface area contributed by atoms with Gasteiger partial charge in [-0.15, -0.1) is 0 Å². The molecule has 0 N–H and O–H groups in total. The summed E-state index contributed by atoms with van der Waals surface area (Å²) in [5.41, 5.74) is 4.05. The van der Waals surface area contributed by atoms with Crippen LogP contribution in [0.4, 0.5) is 0 Å². The van der Waals surface area contributed by atoms with Gasteiger partial charge in [-0.3, -0.25) is 4.90 Å². The van der Waals surface area contributed by atoms with Gasteiger partial charge in [-0.1, -0.05) is 60.7 Å². The Hall–Kier alpha value is -2.06. The molecule has 1 aliphatic heterocycles. The summed E-state index contributed by atoms with van der Waals surface area (Å²) < 4.78 is 5.89. The van der Waals surface area contributed by atoms with Crippen molar-refractivity contribution in [2.75, 3.05) is 6.54 Å². The van der Waals surface area contributed by atoms with Crippen LogP contribution in [0.3, 0.4) is 0 Å². The molecule has 0 aromatic heterocycles. The van der Waals surface area contributed by atoms with Crippen molar-refractivity contribution in [3.05, 3.63) is 83.6 Å². The monoisotopic (exact) mass is 307 g/mol. The Bertz CT molecular complexity index is 579. The number of allylic oxidation sites excluding steroid dienone is 1. The van der Waals surface area contributed by atoms with Crippen LogP contribution in [0.2, 0.25) is 0 Å². The van der Waals surface area contributed by atoms with E-state index in [1.165, 1.54) is 16.7 Å². The normalized spacial score (nSPS) is 17.7. The fraction of sp³-hybridized carbons (Fsp3) is 0.333. The van der Waals surface area contributed by atoms with Crippen molar-refractivity contribution in [1.29, 1.82) is 0 Å². The van der Waals surface area contributed by atoms with E-state index in [1.807, 2.05) is 6.26 Å². The summed E-state index contributed by atoms with van der Waals surface area (Å²) >= 11 is 0. The Morgan fingerprint density at radius 1 is 0.913 bits per heavy atom. The molecule has 0 saturated heterocycles. The lowest BCUT2D eigenvalue weighted by molar-refractivity contribution is 0.0699. The zero-order valence-corrected chi connectivity index (χ0v) is 13.8. The number of hydrogen-bond donors (Lipinski definition) is 0. The molecular formula is C21H25NO. The maximum atomic E-state index is 5.89. The lowest BCUT2D eigenvalue weighted by Crippen LogP contribution is -2.33. The molecule has 2 aromatic rings. The van der Waals surface area contributed by atoms with Gasteiger partial charge in [0.2, 0.25) is 0 Å². The third kappa shape index (κ3) is 4.97. The van der Waals surface area contributed by atoms with Crippen LogP contribution < -0.4 is 0 Å². The first kappa shape index (κ1) is 15.8. The molecule has 2 nitrogen and oxygen atoms in total. The van der Waals surface area contributed by atoms with Crippen molar-refractivity contribution >= 4 is 0 Å². The molecule has 0 aliphatic carbocycles. The molecule has 3 rings (SSSR count). The number of ether oxygens (including phenoxy) is 1. The van der Waals surface area contributed by atoms with Gasteiger partial charge in [-0.2, -0.15) is 0 Å². The van der Waals surface area contributed by atoms with Crippen LogP contribution in [0.15, 0.2) is 72.5 Å². The van der Waals surface area contributed by atoms with Gasteiger partial charge in [0.15, 0.2) is 0 Å². The number of hydrogen-bond acceptors (Lipinski definition) is 2. The van der Waals surface area contributed by atoms with E-state index >= 15 is 0 Å².